The van der Waals surface area contributed by atoms with Crippen molar-refractivity contribution in [2.75, 3.05) is 20.4 Å². The Morgan fingerprint density at radius 3 is 2.71 bits per heavy atom. The molecule has 172 valence electrons. The number of alkyl halides is 2. The monoisotopic (exact) mass is 551 g/mol. The Bertz CT molecular complexity index is 835. The van der Waals surface area contributed by atoms with Gasteiger partial charge in [-0.15, -0.1) is 24.0 Å². The van der Waals surface area contributed by atoms with E-state index in [4.69, 9.17) is 18.9 Å². The Kier molecular flexibility index (Phi) is 6.66. The summed E-state index contributed by atoms with van der Waals surface area (Å²) < 4.78 is 47.1. The second kappa shape index (κ2) is 9.13. The third-order valence-electron chi connectivity index (χ3n) is 7.02. The highest BCUT2D eigenvalue weighted by Gasteiger charge is 2.65. The summed E-state index contributed by atoms with van der Waals surface area (Å²) in [5.74, 6) is 2.15. The summed E-state index contributed by atoms with van der Waals surface area (Å²) in [5.41, 5.74) is 0.746. The summed E-state index contributed by atoms with van der Waals surface area (Å²) in [6.45, 7) is -1.76. The van der Waals surface area contributed by atoms with Crippen LogP contribution in [0.1, 0.15) is 37.7 Å². The van der Waals surface area contributed by atoms with Crippen LogP contribution >= 0.6 is 24.0 Å². The Balaban J connectivity index is 0.00000231. The topological polar surface area (TPSA) is 73.3 Å². The average Bonchev–Trinajstić information content (AvgIpc) is 3.47. The molecular formula is C21H28F2IN3O4. The zero-order valence-electron chi connectivity index (χ0n) is 17.4. The molecule has 1 saturated heterocycles. The largest absolute Gasteiger partial charge is 0.454 e. The molecule has 1 spiro atoms. The van der Waals surface area contributed by atoms with Crippen molar-refractivity contribution >= 4 is 29.9 Å². The molecule has 4 aliphatic rings. The van der Waals surface area contributed by atoms with Crippen molar-refractivity contribution < 1.29 is 27.7 Å². The van der Waals surface area contributed by atoms with Gasteiger partial charge in [0.1, 0.15) is 5.75 Å². The predicted molar refractivity (Wildman–Crippen MR) is 120 cm³/mol. The van der Waals surface area contributed by atoms with Gasteiger partial charge < -0.3 is 29.6 Å². The smallest absolute Gasteiger partial charge is 0.387 e. The highest BCUT2D eigenvalue weighted by atomic mass is 127. The van der Waals surface area contributed by atoms with Gasteiger partial charge in [0.15, 0.2) is 17.5 Å². The molecule has 3 unspecified atom stereocenters. The molecule has 3 atom stereocenters. The van der Waals surface area contributed by atoms with E-state index in [9.17, 15) is 8.78 Å². The van der Waals surface area contributed by atoms with Crippen molar-refractivity contribution in [2.24, 2.45) is 16.3 Å². The summed E-state index contributed by atoms with van der Waals surface area (Å²) in [4.78, 5) is 4.37. The number of rotatable bonds is 5. The molecule has 31 heavy (non-hydrogen) atoms. The van der Waals surface area contributed by atoms with Crippen LogP contribution in [0.5, 0.6) is 17.2 Å². The molecule has 0 amide bonds. The number of hydrogen-bond acceptors (Lipinski definition) is 5. The molecule has 2 heterocycles. The van der Waals surface area contributed by atoms with Crippen molar-refractivity contribution in [3.8, 4) is 17.2 Å². The number of ether oxygens (including phenoxy) is 4. The SMILES string of the molecule is CN=C(NCc1cc2c(cc1OC(F)F)OCO2)NC1C2CCOC2C12CCCC2.I. The number of nitrogens with zero attached hydrogens (tertiary/aromatic N) is 1. The molecule has 0 aromatic heterocycles. The van der Waals surface area contributed by atoms with Gasteiger partial charge in [0, 0.05) is 49.2 Å². The van der Waals surface area contributed by atoms with Crippen LogP contribution in [0.2, 0.25) is 0 Å². The first-order chi connectivity index (χ1) is 14.6. The number of guanidine groups is 1. The van der Waals surface area contributed by atoms with Crippen LogP contribution in [0.25, 0.3) is 0 Å². The number of benzene rings is 1. The van der Waals surface area contributed by atoms with Crippen LogP contribution in [-0.2, 0) is 11.3 Å². The molecule has 1 aromatic rings. The van der Waals surface area contributed by atoms with Crippen LogP contribution in [-0.4, -0.2) is 45.2 Å². The second-order valence-corrected chi connectivity index (χ2v) is 8.42. The van der Waals surface area contributed by atoms with Gasteiger partial charge >= 0.3 is 6.61 Å². The molecule has 7 nitrogen and oxygen atoms in total. The maximum absolute atomic E-state index is 12.9. The van der Waals surface area contributed by atoms with E-state index < -0.39 is 6.61 Å². The quantitative estimate of drug-likeness (QED) is 0.331. The van der Waals surface area contributed by atoms with Crippen molar-refractivity contribution in [1.82, 2.24) is 10.6 Å². The Labute approximate surface area is 197 Å². The molecular weight excluding hydrogens is 523 g/mol. The van der Waals surface area contributed by atoms with E-state index in [0.717, 1.165) is 13.0 Å². The lowest BCUT2D eigenvalue weighted by atomic mass is 9.54. The Morgan fingerprint density at radius 2 is 2.00 bits per heavy atom. The summed E-state index contributed by atoms with van der Waals surface area (Å²) in [6, 6.07) is 3.44. The first-order valence-electron chi connectivity index (χ1n) is 10.6. The molecule has 10 heteroatoms. The molecule has 2 N–H and O–H groups in total. The first kappa shape index (κ1) is 22.6. The molecule has 0 radical (unpaired) electrons. The highest BCUT2D eigenvalue weighted by Crippen LogP contribution is 2.60. The summed E-state index contributed by atoms with van der Waals surface area (Å²) in [5, 5.41) is 6.86. The third-order valence-corrected chi connectivity index (χ3v) is 7.02. The Hall–Kier alpha value is -1.56. The fraction of sp³-hybridized carbons (Fsp3) is 0.667. The van der Waals surface area contributed by atoms with Gasteiger partial charge in [0.25, 0.3) is 0 Å². The van der Waals surface area contributed by atoms with Crippen LogP contribution in [0.15, 0.2) is 17.1 Å². The summed E-state index contributed by atoms with van der Waals surface area (Å²) >= 11 is 0. The lowest BCUT2D eigenvalue weighted by Crippen LogP contribution is -2.69. The number of fused-ring (bicyclic) bond motifs is 3. The lowest BCUT2D eigenvalue weighted by molar-refractivity contribution is -0.125. The van der Waals surface area contributed by atoms with Gasteiger partial charge in [-0.05, 0) is 25.3 Å². The predicted octanol–water partition coefficient (Wildman–Crippen LogP) is 3.65. The number of aliphatic imine (C=N–C) groups is 1. The van der Waals surface area contributed by atoms with E-state index in [2.05, 4.69) is 15.6 Å². The van der Waals surface area contributed by atoms with Gasteiger partial charge in [-0.1, -0.05) is 12.8 Å². The number of hydrogen-bond donors (Lipinski definition) is 2. The van der Waals surface area contributed by atoms with Gasteiger partial charge in [0.2, 0.25) is 6.79 Å². The fourth-order valence-electron chi connectivity index (χ4n) is 5.73. The van der Waals surface area contributed by atoms with Crippen molar-refractivity contribution in [2.45, 2.75) is 57.4 Å². The van der Waals surface area contributed by atoms with Crippen molar-refractivity contribution in [1.29, 1.82) is 0 Å². The number of nitrogens with one attached hydrogen (secondary N) is 2. The molecule has 2 saturated carbocycles. The fourth-order valence-corrected chi connectivity index (χ4v) is 5.73. The van der Waals surface area contributed by atoms with Crippen LogP contribution in [0.3, 0.4) is 0 Å². The van der Waals surface area contributed by atoms with E-state index in [1.54, 1.807) is 13.1 Å². The zero-order valence-corrected chi connectivity index (χ0v) is 19.7. The van der Waals surface area contributed by atoms with Crippen LogP contribution < -0.4 is 24.8 Å². The van der Waals surface area contributed by atoms with Gasteiger partial charge in [0.05, 0.1) is 6.10 Å². The van der Waals surface area contributed by atoms with Crippen LogP contribution in [0, 0.1) is 11.3 Å². The zero-order chi connectivity index (χ0) is 20.7. The minimum absolute atomic E-state index is 0. The maximum atomic E-state index is 12.9. The minimum Gasteiger partial charge on any atom is -0.454 e. The average molecular weight is 551 g/mol. The van der Waals surface area contributed by atoms with E-state index >= 15 is 0 Å². The molecule has 2 aliphatic carbocycles. The molecule has 5 rings (SSSR count). The van der Waals surface area contributed by atoms with Gasteiger partial charge in [-0.25, -0.2) is 0 Å². The standard InChI is InChI=1S/C21H27F2N3O4.HI/c1-24-20(26-17-13-4-7-27-18(13)21(17)5-2-3-6-21)25-10-12-8-15-16(29-11-28-15)9-14(12)30-19(22)23;/h8-9,13,17-19H,2-7,10-11H2,1H3,(H2,24,25,26);1H. The van der Waals surface area contributed by atoms with Gasteiger partial charge in [-0.2, -0.15) is 8.78 Å². The van der Waals surface area contributed by atoms with E-state index in [0.29, 0.717) is 41.1 Å². The summed E-state index contributed by atoms with van der Waals surface area (Å²) in [6.07, 6.45) is 6.25. The molecule has 2 aliphatic heterocycles. The summed E-state index contributed by atoms with van der Waals surface area (Å²) in [7, 11) is 1.72. The molecule has 1 aromatic carbocycles. The Morgan fingerprint density at radius 1 is 1.26 bits per heavy atom. The normalized spacial score (nSPS) is 27.6. The van der Waals surface area contributed by atoms with E-state index in [1.165, 1.54) is 31.7 Å². The van der Waals surface area contributed by atoms with E-state index in [1.807, 2.05) is 0 Å². The maximum Gasteiger partial charge on any atom is 0.387 e. The minimum atomic E-state index is -2.92. The van der Waals surface area contributed by atoms with Crippen LogP contribution in [0.4, 0.5) is 8.78 Å². The first-order valence-corrected chi connectivity index (χ1v) is 10.6. The van der Waals surface area contributed by atoms with Crippen molar-refractivity contribution in [3.63, 3.8) is 0 Å². The highest BCUT2D eigenvalue weighted by molar-refractivity contribution is 14.0. The molecule has 3 fully saturated rings. The number of halogens is 3. The van der Waals surface area contributed by atoms with Gasteiger partial charge in [-0.3, -0.25) is 4.99 Å². The lowest BCUT2D eigenvalue weighted by Gasteiger charge is -2.57. The third kappa shape index (κ3) is 4.01. The van der Waals surface area contributed by atoms with Crippen molar-refractivity contribution in [3.05, 3.63) is 17.7 Å². The second-order valence-electron chi connectivity index (χ2n) is 8.42. The molecule has 0 bridgehead atoms. The van der Waals surface area contributed by atoms with E-state index in [-0.39, 0.29) is 48.5 Å².